The molecular weight excluding hydrogens is 431 g/mol. The van der Waals surface area contributed by atoms with Crippen molar-refractivity contribution in [1.82, 2.24) is 4.31 Å². The van der Waals surface area contributed by atoms with E-state index in [1.54, 1.807) is 0 Å². The molecule has 152 valence electrons. The van der Waals surface area contributed by atoms with Gasteiger partial charge < -0.3 is 14.6 Å². The van der Waals surface area contributed by atoms with E-state index in [0.29, 0.717) is 5.56 Å². The zero-order valence-electron chi connectivity index (χ0n) is 14.7. The summed E-state index contributed by atoms with van der Waals surface area (Å²) >= 11 is 3.81. The van der Waals surface area contributed by atoms with E-state index in [2.05, 4.69) is 14.5 Å². The molecule has 6 nitrogen and oxygen atoms in total. The van der Waals surface area contributed by atoms with Gasteiger partial charge in [-0.3, -0.25) is 4.79 Å². The van der Waals surface area contributed by atoms with Gasteiger partial charge in [0, 0.05) is 17.3 Å². The smallest absolute Gasteiger partial charge is 0.387 e. The molecule has 1 amide bonds. The fourth-order valence-electron chi connectivity index (χ4n) is 2.40. The Morgan fingerprint density at radius 1 is 1.28 bits per heavy atom. The number of rotatable bonds is 5. The highest BCUT2D eigenvalue weighted by molar-refractivity contribution is 7.88. The monoisotopic (exact) mass is 443 g/mol. The molecule has 0 saturated carbocycles. The fraction of sp³-hybridized carbons (Fsp3) is 0.111. The average molecular weight is 444 g/mol. The van der Waals surface area contributed by atoms with Crippen LogP contribution in [0.5, 0.6) is 5.75 Å². The van der Waals surface area contributed by atoms with Crippen molar-refractivity contribution in [3.05, 3.63) is 70.6 Å². The number of ether oxygens (including phenoxy) is 1. The van der Waals surface area contributed by atoms with Crippen LogP contribution in [0.4, 0.5) is 18.9 Å². The third kappa shape index (κ3) is 5.03. The SMILES string of the molecule is CN1C(C(=O)Nc2ccc(F)c(Cl)c2)=CC(c2ccc(OC(F)F)cc2)=N[S+]1[O-]. The number of benzene rings is 2. The van der Waals surface area contributed by atoms with Crippen molar-refractivity contribution in [2.75, 3.05) is 12.4 Å². The van der Waals surface area contributed by atoms with Crippen molar-refractivity contribution >= 4 is 40.5 Å². The standard InChI is InChI=1S/C18H13ClF3N3O3S/c1-25-16(17(26)23-11-4-7-14(20)13(19)8-11)9-15(24-29(25)27)10-2-5-12(6-3-10)28-18(21)22/h2-9,18H,1H3,(H,23,26). The summed E-state index contributed by atoms with van der Waals surface area (Å²) in [7, 11) is 1.42. The summed E-state index contributed by atoms with van der Waals surface area (Å²) in [5.41, 5.74) is 0.941. The molecule has 11 heteroatoms. The lowest BCUT2D eigenvalue weighted by Gasteiger charge is -2.23. The molecule has 0 radical (unpaired) electrons. The van der Waals surface area contributed by atoms with Gasteiger partial charge in [-0.1, -0.05) is 11.6 Å². The molecule has 0 aliphatic carbocycles. The second-order valence-corrected chi connectivity index (χ2v) is 7.32. The van der Waals surface area contributed by atoms with Crippen LogP contribution in [0, 0.1) is 5.82 Å². The van der Waals surface area contributed by atoms with Crippen molar-refractivity contribution in [3.63, 3.8) is 0 Å². The van der Waals surface area contributed by atoms with Crippen LogP contribution in [0.1, 0.15) is 5.56 Å². The Labute approximate surface area is 172 Å². The van der Waals surface area contributed by atoms with E-state index >= 15 is 0 Å². The topological polar surface area (TPSA) is 77.0 Å². The van der Waals surface area contributed by atoms with Crippen molar-refractivity contribution in [3.8, 4) is 5.75 Å². The van der Waals surface area contributed by atoms with Gasteiger partial charge in [-0.25, -0.2) is 4.39 Å². The molecule has 1 unspecified atom stereocenters. The lowest BCUT2D eigenvalue weighted by molar-refractivity contribution is -0.113. The van der Waals surface area contributed by atoms with Crippen LogP contribution in [0.3, 0.4) is 0 Å². The molecule has 0 saturated heterocycles. The van der Waals surface area contributed by atoms with Gasteiger partial charge >= 0.3 is 6.61 Å². The van der Waals surface area contributed by atoms with Gasteiger partial charge in [-0.2, -0.15) is 13.1 Å². The van der Waals surface area contributed by atoms with E-state index in [0.717, 1.165) is 10.4 Å². The molecule has 0 bridgehead atoms. The summed E-state index contributed by atoms with van der Waals surface area (Å²) < 4.78 is 59.5. The van der Waals surface area contributed by atoms with Crippen LogP contribution in [0.25, 0.3) is 0 Å². The first-order valence-corrected chi connectivity index (χ1v) is 9.46. The van der Waals surface area contributed by atoms with Crippen molar-refractivity contribution < 1.29 is 27.3 Å². The van der Waals surface area contributed by atoms with Gasteiger partial charge in [0.25, 0.3) is 5.91 Å². The zero-order chi connectivity index (χ0) is 21.1. The van der Waals surface area contributed by atoms with Crippen molar-refractivity contribution in [2.24, 2.45) is 4.40 Å². The molecule has 1 N–H and O–H groups in total. The first kappa shape index (κ1) is 21.0. The predicted octanol–water partition coefficient (Wildman–Crippen LogP) is 3.92. The van der Waals surface area contributed by atoms with E-state index in [1.807, 2.05) is 0 Å². The molecule has 1 aliphatic rings. The van der Waals surface area contributed by atoms with Crippen molar-refractivity contribution in [2.45, 2.75) is 6.61 Å². The van der Waals surface area contributed by atoms with Gasteiger partial charge in [0.15, 0.2) is 5.70 Å². The number of allylic oxidation sites excluding steroid dienone is 1. The van der Waals surface area contributed by atoms with Crippen LogP contribution >= 0.6 is 11.6 Å². The molecule has 0 fully saturated rings. The number of carbonyl (C=O) groups is 1. The number of alkyl halides is 2. The third-order valence-electron chi connectivity index (χ3n) is 3.81. The number of nitrogens with zero attached hydrogens (tertiary/aromatic N) is 2. The lowest BCUT2D eigenvalue weighted by atomic mass is 10.1. The highest BCUT2D eigenvalue weighted by atomic mass is 35.5. The molecule has 1 heterocycles. The second-order valence-electron chi connectivity index (χ2n) is 5.72. The average Bonchev–Trinajstić information content (AvgIpc) is 2.67. The van der Waals surface area contributed by atoms with E-state index in [1.165, 1.54) is 49.5 Å². The largest absolute Gasteiger partial charge is 0.566 e. The zero-order valence-corrected chi connectivity index (χ0v) is 16.3. The van der Waals surface area contributed by atoms with E-state index in [4.69, 9.17) is 11.6 Å². The Hall–Kier alpha value is -2.69. The van der Waals surface area contributed by atoms with Gasteiger partial charge in [-0.05, 0) is 46.9 Å². The Balaban J connectivity index is 1.83. The molecule has 2 aromatic rings. The van der Waals surface area contributed by atoms with Gasteiger partial charge in [0.1, 0.15) is 17.3 Å². The Bertz CT molecular complexity index is 986. The van der Waals surface area contributed by atoms with E-state index in [9.17, 15) is 22.5 Å². The minimum Gasteiger partial charge on any atom is -0.566 e. The molecular formula is C18H13ClF3N3O3S. The van der Waals surface area contributed by atoms with Crippen molar-refractivity contribution in [1.29, 1.82) is 0 Å². The molecule has 2 aromatic carbocycles. The first-order valence-electron chi connectivity index (χ1n) is 8.02. The van der Waals surface area contributed by atoms with Gasteiger partial charge in [0.05, 0.1) is 12.1 Å². The molecule has 0 spiro atoms. The number of anilines is 1. The lowest BCUT2D eigenvalue weighted by Crippen LogP contribution is -2.35. The number of hydrogen-bond acceptors (Lipinski definition) is 5. The normalized spacial score (nSPS) is 16.4. The maximum Gasteiger partial charge on any atom is 0.387 e. The molecule has 3 rings (SSSR count). The van der Waals surface area contributed by atoms with Crippen LogP contribution in [-0.4, -0.2) is 34.1 Å². The fourth-order valence-corrected chi connectivity index (χ4v) is 3.33. The van der Waals surface area contributed by atoms with Crippen LogP contribution in [-0.2, 0) is 16.3 Å². The first-order chi connectivity index (χ1) is 13.7. The number of carbonyl (C=O) groups excluding carboxylic acids is 1. The number of amides is 1. The third-order valence-corrected chi connectivity index (χ3v) is 5.12. The summed E-state index contributed by atoms with van der Waals surface area (Å²) in [5, 5.41) is 2.38. The van der Waals surface area contributed by atoms with Crippen LogP contribution in [0.15, 0.2) is 58.6 Å². The van der Waals surface area contributed by atoms with Crippen LogP contribution in [0.2, 0.25) is 5.02 Å². The molecule has 29 heavy (non-hydrogen) atoms. The summed E-state index contributed by atoms with van der Waals surface area (Å²) in [6, 6.07) is 9.18. The number of hydrogen-bond donors (Lipinski definition) is 1. The summed E-state index contributed by atoms with van der Waals surface area (Å²) in [6.07, 6.45) is 1.39. The highest BCUT2D eigenvalue weighted by Crippen LogP contribution is 2.24. The van der Waals surface area contributed by atoms with E-state index in [-0.39, 0.29) is 27.9 Å². The maximum atomic E-state index is 13.3. The second kappa shape index (κ2) is 8.76. The molecule has 0 aromatic heterocycles. The number of halogens is 4. The minimum atomic E-state index is -2.95. The Kier molecular flexibility index (Phi) is 6.36. The Morgan fingerprint density at radius 3 is 2.59 bits per heavy atom. The Morgan fingerprint density at radius 2 is 1.97 bits per heavy atom. The molecule has 1 aliphatic heterocycles. The maximum absolute atomic E-state index is 13.3. The number of likely N-dealkylation sites (N-methyl/N-ethyl adjacent to an activating group) is 1. The minimum absolute atomic E-state index is 0.0293. The molecule has 1 atom stereocenters. The van der Waals surface area contributed by atoms with Gasteiger partial charge in [0.2, 0.25) is 11.5 Å². The number of nitrogens with one attached hydrogen (secondary N) is 1. The van der Waals surface area contributed by atoms with Gasteiger partial charge in [-0.15, -0.1) is 0 Å². The van der Waals surface area contributed by atoms with E-state index < -0.39 is 29.9 Å². The van der Waals surface area contributed by atoms with Crippen LogP contribution < -0.4 is 10.1 Å². The highest BCUT2D eigenvalue weighted by Gasteiger charge is 2.30. The predicted molar refractivity (Wildman–Crippen MR) is 104 cm³/mol. The quantitative estimate of drug-likeness (QED) is 0.711. The summed E-state index contributed by atoms with van der Waals surface area (Å²) in [4.78, 5) is 12.6. The summed E-state index contributed by atoms with van der Waals surface area (Å²) in [6.45, 7) is -2.95. The summed E-state index contributed by atoms with van der Waals surface area (Å²) in [5.74, 6) is -1.30.